The lowest BCUT2D eigenvalue weighted by atomic mass is 10.1. The lowest BCUT2D eigenvalue weighted by Crippen LogP contribution is -1.92. The quantitative estimate of drug-likeness (QED) is 0.760. The highest BCUT2D eigenvalue weighted by molar-refractivity contribution is 5.87. The molecule has 0 amide bonds. The van der Waals surface area contributed by atoms with E-state index in [1.807, 2.05) is 30.3 Å². The van der Waals surface area contributed by atoms with Gasteiger partial charge in [0.1, 0.15) is 5.75 Å². The number of ether oxygens (including phenoxy) is 1. The van der Waals surface area contributed by atoms with Gasteiger partial charge in [0.15, 0.2) is 5.82 Å². The molecule has 3 aromatic rings. The molecule has 0 fully saturated rings. The van der Waals surface area contributed by atoms with Gasteiger partial charge in [0.2, 0.25) is 0 Å². The van der Waals surface area contributed by atoms with Crippen LogP contribution < -0.4 is 10.5 Å². The Hall–Kier alpha value is -2.62. The molecule has 2 N–H and O–H groups in total. The lowest BCUT2D eigenvalue weighted by molar-refractivity contribution is 0.415. The molecule has 0 radical (unpaired) electrons. The number of nitrogen functional groups attached to an aromatic ring is 1. The Morgan fingerprint density at radius 2 is 1.63 bits per heavy atom. The van der Waals surface area contributed by atoms with E-state index in [4.69, 9.17) is 10.5 Å². The third-order valence-corrected chi connectivity index (χ3v) is 2.98. The van der Waals surface area contributed by atoms with Crippen LogP contribution in [0.4, 0.5) is 5.69 Å². The molecule has 4 nitrogen and oxygen atoms in total. The highest BCUT2D eigenvalue weighted by Crippen LogP contribution is 2.25. The number of fused-ring (bicyclic) bond motifs is 1. The first-order valence-corrected chi connectivity index (χ1v) is 5.92. The van der Waals surface area contributed by atoms with E-state index >= 15 is 0 Å². The van der Waals surface area contributed by atoms with Gasteiger partial charge < -0.3 is 10.5 Å². The number of benzene rings is 2. The SMILES string of the molecule is COc1ccc2cc(-c3ncc(N)cn3)ccc2c1. The van der Waals surface area contributed by atoms with Crippen molar-refractivity contribution < 1.29 is 4.74 Å². The summed E-state index contributed by atoms with van der Waals surface area (Å²) in [4.78, 5) is 8.46. The van der Waals surface area contributed by atoms with Crippen LogP contribution in [0.5, 0.6) is 5.75 Å². The normalized spacial score (nSPS) is 10.6. The number of rotatable bonds is 2. The topological polar surface area (TPSA) is 61.0 Å². The monoisotopic (exact) mass is 251 g/mol. The molecule has 19 heavy (non-hydrogen) atoms. The number of aromatic nitrogens is 2. The maximum atomic E-state index is 5.59. The average molecular weight is 251 g/mol. The van der Waals surface area contributed by atoms with Crippen molar-refractivity contribution in [2.45, 2.75) is 0 Å². The van der Waals surface area contributed by atoms with Crippen molar-refractivity contribution in [2.75, 3.05) is 12.8 Å². The van der Waals surface area contributed by atoms with Gasteiger partial charge in [0.05, 0.1) is 25.2 Å². The van der Waals surface area contributed by atoms with Crippen molar-refractivity contribution in [3.63, 3.8) is 0 Å². The van der Waals surface area contributed by atoms with Gasteiger partial charge in [0, 0.05) is 5.56 Å². The van der Waals surface area contributed by atoms with E-state index < -0.39 is 0 Å². The van der Waals surface area contributed by atoms with Crippen molar-refractivity contribution in [1.82, 2.24) is 9.97 Å². The summed E-state index contributed by atoms with van der Waals surface area (Å²) in [6.07, 6.45) is 3.22. The summed E-state index contributed by atoms with van der Waals surface area (Å²) in [5.41, 5.74) is 7.12. The zero-order valence-electron chi connectivity index (χ0n) is 10.5. The fourth-order valence-corrected chi connectivity index (χ4v) is 1.98. The lowest BCUT2D eigenvalue weighted by Gasteiger charge is -2.05. The van der Waals surface area contributed by atoms with Crippen molar-refractivity contribution >= 4 is 16.5 Å². The number of anilines is 1. The highest BCUT2D eigenvalue weighted by Gasteiger charge is 2.03. The Morgan fingerprint density at radius 1 is 0.947 bits per heavy atom. The number of hydrogen-bond acceptors (Lipinski definition) is 4. The molecule has 3 rings (SSSR count). The van der Waals surface area contributed by atoms with E-state index in [0.717, 1.165) is 22.1 Å². The maximum absolute atomic E-state index is 5.59. The first-order valence-electron chi connectivity index (χ1n) is 5.92. The van der Waals surface area contributed by atoms with Crippen LogP contribution in [0.1, 0.15) is 0 Å². The predicted octanol–water partition coefficient (Wildman–Crippen LogP) is 2.89. The Balaban J connectivity index is 2.08. The largest absolute Gasteiger partial charge is 0.497 e. The molecule has 0 saturated carbocycles. The Morgan fingerprint density at radius 3 is 2.37 bits per heavy atom. The second-order valence-electron chi connectivity index (χ2n) is 4.27. The third kappa shape index (κ3) is 2.20. The van der Waals surface area contributed by atoms with Gasteiger partial charge in [-0.2, -0.15) is 0 Å². The molecule has 2 aromatic carbocycles. The molecule has 0 aliphatic heterocycles. The number of methoxy groups -OCH3 is 1. The zero-order valence-corrected chi connectivity index (χ0v) is 10.5. The van der Waals surface area contributed by atoms with Crippen LogP contribution in [0.25, 0.3) is 22.2 Å². The second-order valence-corrected chi connectivity index (χ2v) is 4.27. The van der Waals surface area contributed by atoms with E-state index in [-0.39, 0.29) is 0 Å². The Kier molecular flexibility index (Phi) is 2.76. The first kappa shape index (κ1) is 11.5. The summed E-state index contributed by atoms with van der Waals surface area (Å²) < 4.78 is 5.21. The molecule has 94 valence electrons. The molecule has 1 heterocycles. The molecular weight excluding hydrogens is 238 g/mol. The minimum absolute atomic E-state index is 0.564. The van der Waals surface area contributed by atoms with Gasteiger partial charge in [-0.3, -0.25) is 0 Å². The molecule has 0 spiro atoms. The molecule has 1 aromatic heterocycles. The summed E-state index contributed by atoms with van der Waals surface area (Å²) in [7, 11) is 1.66. The van der Waals surface area contributed by atoms with Crippen molar-refractivity contribution in [3.8, 4) is 17.1 Å². The Labute approximate surface area is 110 Å². The standard InChI is InChI=1S/C15H13N3O/c1-19-14-5-4-10-6-12(3-2-11(10)7-14)15-17-8-13(16)9-18-15/h2-9H,16H2,1H3. The van der Waals surface area contributed by atoms with Crippen LogP contribution in [0.2, 0.25) is 0 Å². The smallest absolute Gasteiger partial charge is 0.159 e. The highest BCUT2D eigenvalue weighted by atomic mass is 16.5. The molecule has 0 bridgehead atoms. The van der Waals surface area contributed by atoms with Gasteiger partial charge in [-0.15, -0.1) is 0 Å². The van der Waals surface area contributed by atoms with Gasteiger partial charge in [-0.1, -0.05) is 18.2 Å². The number of hydrogen-bond donors (Lipinski definition) is 1. The summed E-state index contributed by atoms with van der Waals surface area (Å²) in [5.74, 6) is 1.52. The van der Waals surface area contributed by atoms with Gasteiger partial charge in [0.25, 0.3) is 0 Å². The van der Waals surface area contributed by atoms with Crippen LogP contribution in [0.15, 0.2) is 48.8 Å². The average Bonchev–Trinajstić information content (AvgIpc) is 2.47. The second kappa shape index (κ2) is 4.57. The molecule has 0 aliphatic rings. The third-order valence-electron chi connectivity index (χ3n) is 2.98. The molecule has 0 saturated heterocycles. The van der Waals surface area contributed by atoms with E-state index in [9.17, 15) is 0 Å². The molecular formula is C15H13N3O. The van der Waals surface area contributed by atoms with E-state index in [1.54, 1.807) is 19.5 Å². The molecule has 0 unspecified atom stereocenters. The van der Waals surface area contributed by atoms with E-state index in [2.05, 4.69) is 16.0 Å². The minimum Gasteiger partial charge on any atom is -0.497 e. The number of nitrogens with zero attached hydrogens (tertiary/aromatic N) is 2. The summed E-state index contributed by atoms with van der Waals surface area (Å²) >= 11 is 0. The van der Waals surface area contributed by atoms with Gasteiger partial charge in [-0.05, 0) is 29.0 Å². The summed E-state index contributed by atoms with van der Waals surface area (Å²) in [6.45, 7) is 0. The molecule has 4 heteroatoms. The van der Waals surface area contributed by atoms with Crippen molar-refractivity contribution in [3.05, 3.63) is 48.8 Å². The van der Waals surface area contributed by atoms with Gasteiger partial charge >= 0.3 is 0 Å². The fraction of sp³-hybridized carbons (Fsp3) is 0.0667. The van der Waals surface area contributed by atoms with Crippen molar-refractivity contribution in [1.29, 1.82) is 0 Å². The first-order chi connectivity index (χ1) is 9.26. The van der Waals surface area contributed by atoms with Crippen LogP contribution in [0.3, 0.4) is 0 Å². The van der Waals surface area contributed by atoms with Crippen LogP contribution >= 0.6 is 0 Å². The van der Waals surface area contributed by atoms with Crippen LogP contribution in [-0.2, 0) is 0 Å². The predicted molar refractivity (Wildman–Crippen MR) is 75.9 cm³/mol. The molecule has 0 aliphatic carbocycles. The number of nitrogens with two attached hydrogens (primary N) is 1. The molecule has 0 atom stereocenters. The Bertz CT molecular complexity index is 723. The summed E-state index contributed by atoms with van der Waals surface area (Å²) in [6, 6.07) is 12.0. The maximum Gasteiger partial charge on any atom is 0.159 e. The minimum atomic E-state index is 0.564. The summed E-state index contributed by atoms with van der Waals surface area (Å²) in [5, 5.41) is 2.25. The fourth-order valence-electron chi connectivity index (χ4n) is 1.98. The van der Waals surface area contributed by atoms with Crippen molar-refractivity contribution in [2.24, 2.45) is 0 Å². The zero-order chi connectivity index (χ0) is 13.2. The van der Waals surface area contributed by atoms with E-state index in [0.29, 0.717) is 11.5 Å². The van der Waals surface area contributed by atoms with Crippen LogP contribution in [-0.4, -0.2) is 17.1 Å². The van der Waals surface area contributed by atoms with Crippen LogP contribution in [0, 0.1) is 0 Å². The van der Waals surface area contributed by atoms with Gasteiger partial charge in [-0.25, -0.2) is 9.97 Å². The van der Waals surface area contributed by atoms with E-state index in [1.165, 1.54) is 0 Å².